The van der Waals surface area contributed by atoms with Gasteiger partial charge in [-0.2, -0.15) is 0 Å². The predicted molar refractivity (Wildman–Crippen MR) is 110 cm³/mol. The number of carbonyl (C=O) groups excluding carboxylic acids is 1. The van der Waals surface area contributed by atoms with Crippen LogP contribution in [0.2, 0.25) is 0 Å². The molecule has 150 valence electrons. The number of ether oxygens (including phenoxy) is 1. The van der Waals surface area contributed by atoms with Gasteiger partial charge in [0.15, 0.2) is 0 Å². The van der Waals surface area contributed by atoms with Crippen molar-refractivity contribution in [1.29, 1.82) is 0 Å². The Balaban J connectivity index is 1.84. The van der Waals surface area contributed by atoms with Gasteiger partial charge in [-0.1, -0.05) is 17.7 Å². The smallest absolute Gasteiger partial charge is 0.265 e. The molecule has 0 aliphatic carbocycles. The van der Waals surface area contributed by atoms with Crippen LogP contribution in [0.15, 0.2) is 71.9 Å². The van der Waals surface area contributed by atoms with Crippen LogP contribution >= 0.6 is 0 Å². The summed E-state index contributed by atoms with van der Waals surface area (Å²) in [7, 11) is -2.58. The fourth-order valence-electron chi connectivity index (χ4n) is 2.64. The summed E-state index contributed by atoms with van der Waals surface area (Å²) in [5.41, 5.74) is 2.53. The van der Waals surface area contributed by atoms with Crippen LogP contribution in [-0.4, -0.2) is 26.4 Å². The van der Waals surface area contributed by atoms with Gasteiger partial charge in [-0.3, -0.25) is 14.5 Å². The van der Waals surface area contributed by atoms with E-state index in [1.54, 1.807) is 48.8 Å². The van der Waals surface area contributed by atoms with Gasteiger partial charge in [-0.25, -0.2) is 8.42 Å². The third-order valence-electron chi connectivity index (χ3n) is 4.22. The van der Waals surface area contributed by atoms with E-state index in [1.165, 1.54) is 25.3 Å². The number of methoxy groups -OCH3 is 1. The lowest BCUT2D eigenvalue weighted by Gasteiger charge is -2.13. The average Bonchev–Trinajstić information content (AvgIpc) is 2.73. The third-order valence-corrected chi connectivity index (χ3v) is 5.62. The fraction of sp³-hybridized carbons (Fsp3) is 0.143. The van der Waals surface area contributed by atoms with Crippen LogP contribution in [-0.2, 0) is 16.6 Å². The molecule has 0 fully saturated rings. The van der Waals surface area contributed by atoms with Crippen molar-refractivity contribution in [1.82, 2.24) is 10.3 Å². The maximum absolute atomic E-state index is 12.9. The van der Waals surface area contributed by atoms with Crippen LogP contribution in [0.4, 0.5) is 5.69 Å². The minimum Gasteiger partial charge on any atom is -0.495 e. The second-order valence-corrected chi connectivity index (χ2v) is 8.03. The molecule has 1 amide bonds. The second kappa shape index (κ2) is 8.74. The topological polar surface area (TPSA) is 97.4 Å². The first-order chi connectivity index (χ1) is 13.9. The number of aromatic nitrogens is 1. The Morgan fingerprint density at radius 1 is 1.03 bits per heavy atom. The molecule has 0 aliphatic heterocycles. The fourth-order valence-corrected chi connectivity index (χ4v) is 3.90. The van der Waals surface area contributed by atoms with Crippen molar-refractivity contribution < 1.29 is 17.9 Å². The minimum atomic E-state index is -3.96. The molecule has 2 aromatic carbocycles. The van der Waals surface area contributed by atoms with Gasteiger partial charge in [0.05, 0.1) is 7.11 Å². The summed E-state index contributed by atoms with van der Waals surface area (Å²) in [6, 6.07) is 14.8. The zero-order valence-electron chi connectivity index (χ0n) is 16.0. The van der Waals surface area contributed by atoms with Gasteiger partial charge in [0.1, 0.15) is 10.6 Å². The number of aryl methyl sites for hydroxylation is 1. The molecule has 1 heterocycles. The monoisotopic (exact) mass is 411 g/mol. The molecular weight excluding hydrogens is 390 g/mol. The first-order valence-corrected chi connectivity index (χ1v) is 10.3. The lowest BCUT2D eigenvalue weighted by molar-refractivity contribution is 0.0950. The number of carbonyl (C=O) groups is 1. The molecule has 3 aromatic rings. The third kappa shape index (κ3) is 5.11. The highest BCUT2D eigenvalue weighted by Crippen LogP contribution is 2.27. The first kappa shape index (κ1) is 20.3. The molecule has 0 bridgehead atoms. The molecule has 1 aromatic heterocycles. The molecule has 0 atom stereocenters. The highest BCUT2D eigenvalue weighted by atomic mass is 32.2. The van der Waals surface area contributed by atoms with Crippen molar-refractivity contribution in [3.05, 3.63) is 83.7 Å². The summed E-state index contributed by atoms with van der Waals surface area (Å²) in [4.78, 5) is 16.3. The lowest BCUT2D eigenvalue weighted by atomic mass is 10.2. The van der Waals surface area contributed by atoms with E-state index >= 15 is 0 Å². The summed E-state index contributed by atoms with van der Waals surface area (Å²) >= 11 is 0. The van der Waals surface area contributed by atoms with E-state index in [4.69, 9.17) is 4.74 Å². The van der Waals surface area contributed by atoms with Crippen molar-refractivity contribution in [3.8, 4) is 5.75 Å². The summed E-state index contributed by atoms with van der Waals surface area (Å²) in [5.74, 6) is -0.244. The van der Waals surface area contributed by atoms with Gasteiger partial charge < -0.3 is 10.1 Å². The summed E-state index contributed by atoms with van der Waals surface area (Å²) in [5, 5.41) is 2.76. The number of rotatable bonds is 7. The largest absolute Gasteiger partial charge is 0.495 e. The molecule has 0 saturated carbocycles. The Morgan fingerprint density at radius 2 is 1.72 bits per heavy atom. The molecule has 8 heteroatoms. The zero-order valence-corrected chi connectivity index (χ0v) is 16.9. The standard InChI is InChI=1S/C21H21N3O4S/c1-15-3-6-18(7-4-15)24-29(26,27)20-13-17(5-8-19(20)28-2)21(25)23-14-16-9-11-22-12-10-16/h3-13,24H,14H2,1-2H3,(H,23,25). The van der Waals surface area contributed by atoms with Gasteiger partial charge >= 0.3 is 0 Å². The Bertz CT molecular complexity index is 1100. The second-order valence-electron chi connectivity index (χ2n) is 6.38. The molecule has 2 N–H and O–H groups in total. The average molecular weight is 411 g/mol. The van der Waals surface area contributed by atoms with Crippen molar-refractivity contribution in [3.63, 3.8) is 0 Å². The Labute approximate surface area is 169 Å². The highest BCUT2D eigenvalue weighted by Gasteiger charge is 2.22. The van der Waals surface area contributed by atoms with Crippen LogP contribution in [0, 0.1) is 6.92 Å². The van der Waals surface area contributed by atoms with Crippen LogP contribution < -0.4 is 14.8 Å². The first-order valence-electron chi connectivity index (χ1n) is 8.84. The van der Waals surface area contributed by atoms with Gasteiger partial charge in [0.2, 0.25) is 0 Å². The Hall–Kier alpha value is -3.39. The quantitative estimate of drug-likeness (QED) is 0.623. The number of nitrogens with one attached hydrogen (secondary N) is 2. The maximum atomic E-state index is 12.9. The molecule has 0 radical (unpaired) electrons. The summed E-state index contributed by atoms with van der Waals surface area (Å²) < 4.78 is 33.5. The molecular formula is C21H21N3O4S. The lowest BCUT2D eigenvalue weighted by Crippen LogP contribution is -2.23. The number of sulfonamides is 1. The number of amides is 1. The molecule has 29 heavy (non-hydrogen) atoms. The van der Waals surface area contributed by atoms with E-state index in [0.29, 0.717) is 12.2 Å². The van der Waals surface area contributed by atoms with Crippen LogP contribution in [0.3, 0.4) is 0 Å². The normalized spacial score (nSPS) is 11.0. The van der Waals surface area contributed by atoms with E-state index in [0.717, 1.165) is 11.1 Å². The minimum absolute atomic E-state index is 0.114. The molecule has 3 rings (SSSR count). The number of nitrogens with zero attached hydrogens (tertiary/aromatic N) is 1. The highest BCUT2D eigenvalue weighted by molar-refractivity contribution is 7.92. The number of pyridine rings is 1. The molecule has 0 unspecified atom stereocenters. The van der Waals surface area contributed by atoms with E-state index in [-0.39, 0.29) is 16.2 Å². The van der Waals surface area contributed by atoms with E-state index in [9.17, 15) is 13.2 Å². The number of hydrogen-bond acceptors (Lipinski definition) is 5. The predicted octanol–water partition coefficient (Wildman–Crippen LogP) is 3.13. The van der Waals surface area contributed by atoms with Crippen molar-refractivity contribution in [2.45, 2.75) is 18.4 Å². The van der Waals surface area contributed by atoms with Crippen LogP contribution in [0.5, 0.6) is 5.75 Å². The number of anilines is 1. The zero-order chi connectivity index (χ0) is 20.9. The van der Waals surface area contributed by atoms with Crippen LogP contribution in [0.1, 0.15) is 21.5 Å². The Morgan fingerprint density at radius 3 is 2.38 bits per heavy atom. The van der Waals surface area contributed by atoms with Crippen molar-refractivity contribution in [2.24, 2.45) is 0 Å². The van der Waals surface area contributed by atoms with E-state index < -0.39 is 15.9 Å². The van der Waals surface area contributed by atoms with Crippen LogP contribution in [0.25, 0.3) is 0 Å². The van der Waals surface area contributed by atoms with E-state index in [1.807, 2.05) is 6.92 Å². The van der Waals surface area contributed by atoms with Gasteiger partial charge in [-0.05, 0) is 55.0 Å². The van der Waals surface area contributed by atoms with E-state index in [2.05, 4.69) is 15.0 Å². The molecule has 7 nitrogen and oxygen atoms in total. The molecule has 0 aliphatic rings. The van der Waals surface area contributed by atoms with Gasteiger partial charge in [-0.15, -0.1) is 0 Å². The molecule has 0 spiro atoms. The SMILES string of the molecule is COc1ccc(C(=O)NCc2ccncc2)cc1S(=O)(=O)Nc1ccc(C)cc1. The van der Waals surface area contributed by atoms with Crippen molar-refractivity contribution >= 4 is 21.6 Å². The van der Waals surface area contributed by atoms with Gasteiger partial charge in [0, 0.05) is 30.2 Å². The Kier molecular flexibility index (Phi) is 6.13. The summed E-state index contributed by atoms with van der Waals surface area (Å²) in [6.45, 7) is 2.21. The summed E-state index contributed by atoms with van der Waals surface area (Å²) in [6.07, 6.45) is 3.27. The molecule has 0 saturated heterocycles. The van der Waals surface area contributed by atoms with Crippen molar-refractivity contribution in [2.75, 3.05) is 11.8 Å². The number of benzene rings is 2. The van der Waals surface area contributed by atoms with Gasteiger partial charge in [0.25, 0.3) is 15.9 Å². The number of hydrogen-bond donors (Lipinski definition) is 2. The maximum Gasteiger partial charge on any atom is 0.265 e.